The zero-order valence-corrected chi connectivity index (χ0v) is 16.2. The van der Waals surface area contributed by atoms with Gasteiger partial charge in [-0.25, -0.2) is 0 Å². The molecule has 132 valence electrons. The summed E-state index contributed by atoms with van der Waals surface area (Å²) in [5.41, 5.74) is 16.2. The minimum atomic E-state index is 0.138. The van der Waals surface area contributed by atoms with Crippen LogP contribution in [0.2, 0.25) is 0 Å². The highest BCUT2D eigenvalue weighted by Gasteiger charge is 2.29. The molecule has 0 heterocycles. The van der Waals surface area contributed by atoms with Crippen molar-refractivity contribution in [3.05, 3.63) is 29.3 Å². The zero-order valence-electron chi connectivity index (χ0n) is 16.2. The van der Waals surface area contributed by atoms with Crippen molar-refractivity contribution in [1.29, 1.82) is 0 Å². The average Bonchev–Trinajstić information content (AvgIpc) is 2.47. The van der Waals surface area contributed by atoms with E-state index in [4.69, 9.17) is 11.5 Å². The molecule has 2 heteroatoms. The van der Waals surface area contributed by atoms with E-state index >= 15 is 0 Å². The van der Waals surface area contributed by atoms with E-state index in [2.05, 4.69) is 59.7 Å². The molecule has 0 saturated carbocycles. The van der Waals surface area contributed by atoms with Gasteiger partial charge < -0.3 is 11.5 Å². The number of rotatable bonds is 9. The van der Waals surface area contributed by atoms with Crippen molar-refractivity contribution in [2.45, 2.75) is 85.6 Å². The molecule has 0 spiro atoms. The fourth-order valence-corrected chi connectivity index (χ4v) is 3.45. The lowest BCUT2D eigenvalue weighted by Crippen LogP contribution is -2.39. The molecule has 1 aromatic carbocycles. The standard InChI is InChI=1S/C21H38N2/c1-7-8-9-15(2)12-20(23)21(5,6)14-17(4)18-11-10-16(3)19(22)13-18/h10-11,13,15,17,20H,7-9,12,14,22-23H2,1-6H3. The molecule has 0 bridgehead atoms. The Bertz CT molecular complexity index is 479. The Morgan fingerprint density at radius 3 is 2.39 bits per heavy atom. The van der Waals surface area contributed by atoms with Crippen molar-refractivity contribution in [2.24, 2.45) is 17.1 Å². The minimum absolute atomic E-state index is 0.138. The van der Waals surface area contributed by atoms with Crippen LogP contribution in [-0.4, -0.2) is 6.04 Å². The zero-order chi connectivity index (χ0) is 17.6. The molecule has 23 heavy (non-hydrogen) atoms. The highest BCUT2D eigenvalue weighted by molar-refractivity contribution is 5.49. The summed E-state index contributed by atoms with van der Waals surface area (Å²) >= 11 is 0. The molecule has 0 aliphatic carbocycles. The van der Waals surface area contributed by atoms with Crippen molar-refractivity contribution in [3.63, 3.8) is 0 Å². The molecule has 0 amide bonds. The van der Waals surface area contributed by atoms with Crippen molar-refractivity contribution >= 4 is 5.69 Å². The van der Waals surface area contributed by atoms with Crippen LogP contribution in [0.3, 0.4) is 0 Å². The molecule has 3 unspecified atom stereocenters. The topological polar surface area (TPSA) is 52.0 Å². The van der Waals surface area contributed by atoms with E-state index in [-0.39, 0.29) is 11.5 Å². The van der Waals surface area contributed by atoms with Crippen LogP contribution in [0.25, 0.3) is 0 Å². The summed E-state index contributed by atoms with van der Waals surface area (Å²) in [6, 6.07) is 6.72. The van der Waals surface area contributed by atoms with Crippen LogP contribution in [0.5, 0.6) is 0 Å². The smallest absolute Gasteiger partial charge is 0.0346 e. The largest absolute Gasteiger partial charge is 0.399 e. The monoisotopic (exact) mass is 318 g/mol. The summed E-state index contributed by atoms with van der Waals surface area (Å²) in [7, 11) is 0. The van der Waals surface area contributed by atoms with Crippen molar-refractivity contribution in [3.8, 4) is 0 Å². The maximum atomic E-state index is 6.58. The third kappa shape index (κ3) is 6.18. The minimum Gasteiger partial charge on any atom is -0.399 e. The fourth-order valence-electron chi connectivity index (χ4n) is 3.45. The van der Waals surface area contributed by atoms with Gasteiger partial charge in [0.1, 0.15) is 0 Å². The lowest BCUT2D eigenvalue weighted by Gasteiger charge is -2.36. The van der Waals surface area contributed by atoms with Crippen molar-refractivity contribution in [2.75, 3.05) is 5.73 Å². The first kappa shape index (κ1) is 20.0. The first-order valence-corrected chi connectivity index (χ1v) is 9.29. The molecule has 0 aliphatic rings. The van der Waals surface area contributed by atoms with Gasteiger partial charge in [-0.2, -0.15) is 0 Å². The Kier molecular flexibility index (Phi) is 7.60. The Labute approximate surface area is 144 Å². The molecule has 0 aromatic heterocycles. The van der Waals surface area contributed by atoms with Gasteiger partial charge in [0.25, 0.3) is 0 Å². The molecule has 1 aromatic rings. The van der Waals surface area contributed by atoms with E-state index in [1.54, 1.807) is 0 Å². The van der Waals surface area contributed by atoms with Gasteiger partial charge in [0, 0.05) is 11.7 Å². The third-order valence-electron chi connectivity index (χ3n) is 5.42. The van der Waals surface area contributed by atoms with Crippen LogP contribution in [-0.2, 0) is 0 Å². The van der Waals surface area contributed by atoms with E-state index in [0.29, 0.717) is 5.92 Å². The van der Waals surface area contributed by atoms with Gasteiger partial charge in [0.15, 0.2) is 0 Å². The number of nitrogen functional groups attached to an aromatic ring is 1. The van der Waals surface area contributed by atoms with Gasteiger partial charge in [0.05, 0.1) is 0 Å². The quantitative estimate of drug-likeness (QED) is 0.579. The van der Waals surface area contributed by atoms with Crippen LogP contribution in [0.4, 0.5) is 5.69 Å². The van der Waals surface area contributed by atoms with Gasteiger partial charge >= 0.3 is 0 Å². The maximum absolute atomic E-state index is 6.58. The Morgan fingerprint density at radius 1 is 1.17 bits per heavy atom. The number of unbranched alkanes of at least 4 members (excludes halogenated alkanes) is 1. The summed E-state index contributed by atoms with van der Waals surface area (Å²) < 4.78 is 0. The molecule has 2 nitrogen and oxygen atoms in total. The first-order valence-electron chi connectivity index (χ1n) is 9.29. The van der Waals surface area contributed by atoms with Gasteiger partial charge in [0.2, 0.25) is 0 Å². The molecular weight excluding hydrogens is 280 g/mol. The predicted octanol–water partition coefficient (Wildman–Crippen LogP) is 5.64. The van der Waals surface area contributed by atoms with E-state index < -0.39 is 0 Å². The van der Waals surface area contributed by atoms with Crippen LogP contribution >= 0.6 is 0 Å². The van der Waals surface area contributed by atoms with E-state index in [1.165, 1.54) is 24.8 Å². The van der Waals surface area contributed by atoms with Crippen LogP contribution in [0, 0.1) is 18.3 Å². The summed E-state index contributed by atoms with van der Waals surface area (Å²) in [4.78, 5) is 0. The molecule has 0 aliphatic heterocycles. The lowest BCUT2D eigenvalue weighted by molar-refractivity contribution is 0.214. The Balaban J connectivity index is 2.66. The van der Waals surface area contributed by atoms with Gasteiger partial charge in [-0.05, 0) is 54.2 Å². The highest BCUT2D eigenvalue weighted by Crippen LogP contribution is 2.36. The second kappa shape index (κ2) is 8.73. The molecular formula is C21H38N2. The van der Waals surface area contributed by atoms with Crippen molar-refractivity contribution in [1.82, 2.24) is 0 Å². The number of benzene rings is 1. The molecule has 0 fully saturated rings. The number of anilines is 1. The Hall–Kier alpha value is -1.02. The highest BCUT2D eigenvalue weighted by atomic mass is 14.7. The SMILES string of the molecule is CCCCC(C)CC(N)C(C)(C)CC(C)c1ccc(C)c(N)c1. The third-order valence-corrected chi connectivity index (χ3v) is 5.42. The number of hydrogen-bond acceptors (Lipinski definition) is 2. The molecule has 0 saturated heterocycles. The number of aryl methyl sites for hydroxylation is 1. The van der Waals surface area contributed by atoms with Crippen LogP contribution in [0.1, 0.15) is 83.8 Å². The lowest BCUT2D eigenvalue weighted by atomic mass is 9.73. The van der Waals surface area contributed by atoms with Crippen molar-refractivity contribution < 1.29 is 0 Å². The molecule has 0 radical (unpaired) electrons. The van der Waals surface area contributed by atoms with Gasteiger partial charge in [-0.3, -0.25) is 0 Å². The summed E-state index contributed by atoms with van der Waals surface area (Å²) in [5, 5.41) is 0. The average molecular weight is 319 g/mol. The summed E-state index contributed by atoms with van der Waals surface area (Å²) in [5.74, 6) is 1.19. The molecule has 4 N–H and O–H groups in total. The van der Waals surface area contributed by atoms with Crippen LogP contribution < -0.4 is 11.5 Å². The summed E-state index contributed by atoms with van der Waals surface area (Å²) in [6.07, 6.45) is 6.10. The summed E-state index contributed by atoms with van der Waals surface area (Å²) in [6.45, 7) is 13.6. The van der Waals surface area contributed by atoms with E-state index in [1.807, 2.05) is 0 Å². The second-order valence-electron chi connectivity index (χ2n) is 8.30. The van der Waals surface area contributed by atoms with E-state index in [9.17, 15) is 0 Å². The predicted molar refractivity (Wildman–Crippen MR) is 104 cm³/mol. The number of nitrogens with two attached hydrogens (primary N) is 2. The maximum Gasteiger partial charge on any atom is 0.0346 e. The van der Waals surface area contributed by atoms with Gasteiger partial charge in [-0.1, -0.05) is 66.0 Å². The molecule has 1 rings (SSSR count). The molecule has 3 atom stereocenters. The van der Waals surface area contributed by atoms with E-state index in [0.717, 1.165) is 30.0 Å². The van der Waals surface area contributed by atoms with Crippen LogP contribution in [0.15, 0.2) is 18.2 Å². The first-order chi connectivity index (χ1) is 10.7. The van der Waals surface area contributed by atoms with Gasteiger partial charge in [-0.15, -0.1) is 0 Å². The fraction of sp³-hybridized carbons (Fsp3) is 0.714. The normalized spacial score (nSPS) is 16.1. The Morgan fingerprint density at radius 2 is 1.83 bits per heavy atom. The number of hydrogen-bond donors (Lipinski definition) is 2. The second-order valence-corrected chi connectivity index (χ2v) is 8.30.